The second kappa shape index (κ2) is 10.1. The first-order valence-electron chi connectivity index (χ1n) is 11.0. The molecule has 4 rings (SSSR count). The van der Waals surface area contributed by atoms with Crippen LogP contribution < -0.4 is 19.6 Å². The first kappa shape index (κ1) is 24.2. The van der Waals surface area contributed by atoms with Crippen LogP contribution in [0.3, 0.4) is 0 Å². The summed E-state index contributed by atoms with van der Waals surface area (Å²) in [5, 5.41) is 0. The van der Waals surface area contributed by atoms with E-state index in [0.717, 1.165) is 15.6 Å². The van der Waals surface area contributed by atoms with Gasteiger partial charge in [-0.1, -0.05) is 64.5 Å². The Morgan fingerprint density at radius 2 is 1.97 bits per heavy atom. The van der Waals surface area contributed by atoms with E-state index in [0.29, 0.717) is 32.8 Å². The van der Waals surface area contributed by atoms with Crippen molar-refractivity contribution < 1.29 is 14.3 Å². The molecule has 6 nitrogen and oxygen atoms in total. The van der Waals surface area contributed by atoms with Crippen molar-refractivity contribution in [3.63, 3.8) is 0 Å². The Labute approximate surface area is 210 Å². The van der Waals surface area contributed by atoms with E-state index in [9.17, 15) is 9.59 Å². The average molecular weight is 541 g/mol. The van der Waals surface area contributed by atoms with E-state index in [1.165, 1.54) is 18.4 Å². The summed E-state index contributed by atoms with van der Waals surface area (Å²) in [6.07, 6.45) is 2.35. The van der Waals surface area contributed by atoms with Gasteiger partial charge in [0.15, 0.2) is 4.80 Å². The van der Waals surface area contributed by atoms with Gasteiger partial charge in [0.05, 0.1) is 35.1 Å². The minimum Gasteiger partial charge on any atom is -0.490 e. The van der Waals surface area contributed by atoms with Gasteiger partial charge >= 0.3 is 5.97 Å². The molecular weight excluding hydrogens is 516 g/mol. The molecule has 0 N–H and O–H groups in total. The fraction of sp³-hybridized carbons (Fsp3) is 0.269. The first-order chi connectivity index (χ1) is 16.3. The highest BCUT2D eigenvalue weighted by Gasteiger charge is 2.33. The molecule has 0 fully saturated rings. The van der Waals surface area contributed by atoms with Crippen molar-refractivity contribution in [1.82, 2.24) is 4.57 Å². The number of hydrogen-bond donors (Lipinski definition) is 0. The van der Waals surface area contributed by atoms with Crippen LogP contribution in [0.5, 0.6) is 5.75 Å². The lowest BCUT2D eigenvalue weighted by Crippen LogP contribution is -2.40. The van der Waals surface area contributed by atoms with E-state index in [4.69, 9.17) is 14.5 Å². The number of ether oxygens (including phenoxy) is 2. The number of nitrogens with zero attached hydrogens (tertiary/aromatic N) is 2. The van der Waals surface area contributed by atoms with Crippen LogP contribution >= 0.6 is 27.3 Å². The highest BCUT2D eigenvalue weighted by atomic mass is 79.9. The van der Waals surface area contributed by atoms with Crippen molar-refractivity contribution in [2.75, 3.05) is 7.11 Å². The molecule has 0 amide bonds. The lowest BCUT2D eigenvalue weighted by Gasteiger charge is -2.25. The summed E-state index contributed by atoms with van der Waals surface area (Å²) >= 11 is 4.81. The van der Waals surface area contributed by atoms with Gasteiger partial charge in [-0.25, -0.2) is 9.79 Å². The zero-order valence-electron chi connectivity index (χ0n) is 19.4. The van der Waals surface area contributed by atoms with Crippen LogP contribution in [0.25, 0.3) is 6.08 Å². The van der Waals surface area contributed by atoms with Crippen LogP contribution in [0.15, 0.2) is 74.1 Å². The molecule has 0 aliphatic carbocycles. The number of hydrogen-bond acceptors (Lipinski definition) is 6. The zero-order chi connectivity index (χ0) is 24.4. The van der Waals surface area contributed by atoms with Crippen LogP contribution in [0.4, 0.5) is 0 Å². The molecule has 3 aromatic rings. The molecule has 0 unspecified atom stereocenters. The molecule has 0 spiro atoms. The maximum atomic E-state index is 13.7. The van der Waals surface area contributed by atoms with E-state index in [2.05, 4.69) is 15.9 Å². The molecule has 34 heavy (non-hydrogen) atoms. The second-order valence-electron chi connectivity index (χ2n) is 8.05. The normalized spacial score (nSPS) is 15.8. The van der Waals surface area contributed by atoms with Crippen molar-refractivity contribution >= 4 is 39.3 Å². The third kappa shape index (κ3) is 4.65. The van der Waals surface area contributed by atoms with Gasteiger partial charge in [-0.05, 0) is 50.1 Å². The molecule has 0 radical (unpaired) electrons. The Hall–Kier alpha value is -2.97. The van der Waals surface area contributed by atoms with Crippen molar-refractivity contribution in [2.24, 2.45) is 4.99 Å². The summed E-state index contributed by atoms with van der Waals surface area (Å²) in [5.41, 5.74) is 2.40. The zero-order valence-corrected chi connectivity index (χ0v) is 21.8. The van der Waals surface area contributed by atoms with Gasteiger partial charge in [0, 0.05) is 10.0 Å². The number of aromatic nitrogens is 1. The Morgan fingerprint density at radius 1 is 1.24 bits per heavy atom. The second-order valence-corrected chi connectivity index (χ2v) is 9.97. The fourth-order valence-electron chi connectivity index (χ4n) is 3.95. The third-order valence-electron chi connectivity index (χ3n) is 5.39. The molecule has 8 heteroatoms. The molecule has 2 aromatic carbocycles. The number of rotatable bonds is 6. The number of methoxy groups -OCH3 is 1. The largest absolute Gasteiger partial charge is 0.490 e. The van der Waals surface area contributed by atoms with Crippen molar-refractivity contribution in [1.29, 1.82) is 0 Å². The van der Waals surface area contributed by atoms with Crippen LogP contribution in [-0.2, 0) is 9.53 Å². The van der Waals surface area contributed by atoms with Gasteiger partial charge in [-0.2, -0.15) is 0 Å². The summed E-state index contributed by atoms with van der Waals surface area (Å²) in [7, 11) is 1.35. The van der Waals surface area contributed by atoms with Gasteiger partial charge in [0.2, 0.25) is 0 Å². The topological polar surface area (TPSA) is 69.9 Å². The maximum absolute atomic E-state index is 13.7. The predicted octanol–water partition coefficient (Wildman–Crippen LogP) is 4.35. The van der Waals surface area contributed by atoms with Crippen LogP contribution in [0.2, 0.25) is 0 Å². The minimum absolute atomic E-state index is 0.0117. The quantitative estimate of drug-likeness (QED) is 0.436. The predicted molar refractivity (Wildman–Crippen MR) is 137 cm³/mol. The van der Waals surface area contributed by atoms with Gasteiger partial charge in [-0.3, -0.25) is 9.36 Å². The van der Waals surface area contributed by atoms with Crippen LogP contribution in [-0.4, -0.2) is 23.8 Å². The van der Waals surface area contributed by atoms with Gasteiger partial charge in [-0.15, -0.1) is 0 Å². The van der Waals surface area contributed by atoms with Crippen molar-refractivity contribution in [2.45, 2.75) is 39.3 Å². The monoisotopic (exact) mass is 540 g/mol. The van der Waals surface area contributed by atoms with E-state index < -0.39 is 12.0 Å². The summed E-state index contributed by atoms with van der Waals surface area (Å²) < 4.78 is 14.0. The van der Waals surface area contributed by atoms with Gasteiger partial charge in [0.25, 0.3) is 5.56 Å². The van der Waals surface area contributed by atoms with Gasteiger partial charge in [0.1, 0.15) is 5.75 Å². The first-order valence-corrected chi connectivity index (χ1v) is 12.6. The van der Waals surface area contributed by atoms with E-state index in [1.807, 2.05) is 75.4 Å². The fourth-order valence-corrected chi connectivity index (χ4v) is 5.34. The summed E-state index contributed by atoms with van der Waals surface area (Å²) in [6.45, 7) is 5.86. The SMILES string of the molecule is CCC1=C(C(=O)OC)[C@@H](c2ccccc2)n2c(s/c(=C/c3cc(Br)ccc3OC(C)C)c2=O)=N1. The van der Waals surface area contributed by atoms with E-state index in [1.54, 1.807) is 4.57 Å². The molecule has 1 aromatic heterocycles. The Kier molecular flexibility index (Phi) is 7.19. The standard InChI is InChI=1S/C26H25BrN2O4S/c1-5-19-22(25(31)32-4)23(16-9-7-6-8-10-16)29-24(30)21(34-26(29)28-19)14-17-13-18(27)11-12-20(17)33-15(2)3/h6-15,23H,5H2,1-4H3/b21-14+/t23-/m1/s1. The molecule has 0 saturated carbocycles. The number of carbonyl (C=O) groups excluding carboxylic acids is 1. The van der Waals surface area contributed by atoms with Crippen molar-refractivity contribution in [3.05, 3.63) is 95.1 Å². The van der Waals surface area contributed by atoms with Crippen LogP contribution in [0.1, 0.15) is 44.4 Å². The minimum atomic E-state index is -0.615. The summed E-state index contributed by atoms with van der Waals surface area (Å²) in [4.78, 5) is 31.8. The average Bonchev–Trinajstić information content (AvgIpc) is 3.14. The molecule has 176 valence electrons. The van der Waals surface area contributed by atoms with Crippen molar-refractivity contribution in [3.8, 4) is 5.75 Å². The molecule has 1 aliphatic rings. The molecule has 1 atom stereocenters. The highest BCUT2D eigenvalue weighted by Crippen LogP contribution is 2.32. The number of benzene rings is 2. The highest BCUT2D eigenvalue weighted by molar-refractivity contribution is 9.10. The Bertz CT molecular complexity index is 1440. The number of esters is 1. The number of halogens is 1. The maximum Gasteiger partial charge on any atom is 0.338 e. The number of allylic oxidation sites excluding steroid dienone is 1. The smallest absolute Gasteiger partial charge is 0.338 e. The number of carbonyl (C=O) groups is 1. The van der Waals surface area contributed by atoms with E-state index >= 15 is 0 Å². The van der Waals surface area contributed by atoms with Gasteiger partial charge < -0.3 is 9.47 Å². The number of fused-ring (bicyclic) bond motifs is 1. The molecule has 0 bridgehead atoms. The molecular formula is C26H25BrN2O4S. The molecule has 1 aliphatic heterocycles. The summed E-state index contributed by atoms with van der Waals surface area (Å²) in [5.74, 6) is 0.205. The lowest BCUT2D eigenvalue weighted by molar-refractivity contribution is -0.136. The molecule has 0 saturated heterocycles. The lowest BCUT2D eigenvalue weighted by atomic mass is 9.95. The van der Waals surface area contributed by atoms with Crippen LogP contribution in [0, 0.1) is 0 Å². The Balaban J connectivity index is 1.98. The van der Waals surface area contributed by atoms with E-state index in [-0.39, 0.29) is 11.7 Å². The summed E-state index contributed by atoms with van der Waals surface area (Å²) in [6, 6.07) is 14.6. The Morgan fingerprint density at radius 3 is 2.62 bits per heavy atom. The molecule has 2 heterocycles. The third-order valence-corrected chi connectivity index (χ3v) is 6.86. The number of thiazole rings is 1.